The highest BCUT2D eigenvalue weighted by atomic mass is 32.2. The van der Waals surface area contributed by atoms with E-state index in [-0.39, 0.29) is 0 Å². The summed E-state index contributed by atoms with van der Waals surface area (Å²) in [6.45, 7) is 2.38. The first-order chi connectivity index (χ1) is 25.2. The molecule has 0 spiro atoms. The second-order valence-corrected chi connectivity index (χ2v) is 14.9. The van der Waals surface area contributed by atoms with Crippen LogP contribution < -0.4 is 0 Å². The molecule has 0 radical (unpaired) electrons. The zero-order valence-electron chi connectivity index (χ0n) is 28.3. The summed E-state index contributed by atoms with van der Waals surface area (Å²) in [5.41, 5.74) is 12.7. The van der Waals surface area contributed by atoms with Gasteiger partial charge in [0.2, 0.25) is 0 Å². The Bertz CT molecular complexity index is 2670. The van der Waals surface area contributed by atoms with Gasteiger partial charge in [0.25, 0.3) is 0 Å². The summed E-state index contributed by atoms with van der Waals surface area (Å²) in [4.78, 5) is 12.9. The van der Waals surface area contributed by atoms with E-state index in [0.29, 0.717) is 11.8 Å². The van der Waals surface area contributed by atoms with Crippen LogP contribution in [0.2, 0.25) is 0 Å². The Hall–Kier alpha value is -5.77. The lowest BCUT2D eigenvalue weighted by Crippen LogP contribution is -2.10. The molecule has 0 saturated heterocycles. The SMILES string of the molecule is CC1CC=CC2=CC1c1cccc(-c3ccc(-c4cccc(-c5ccc(-c6cnc7c8ccccc8c8ccccc8c7n6)cc5)c4)cc3)c1S2. The summed E-state index contributed by atoms with van der Waals surface area (Å²) in [5.74, 6) is 1.08. The number of rotatable bonds is 4. The van der Waals surface area contributed by atoms with Gasteiger partial charge in [-0.05, 0) is 68.1 Å². The summed E-state index contributed by atoms with van der Waals surface area (Å²) in [6, 6.07) is 50.5. The normalized spacial score (nSPS) is 16.6. The first-order valence-electron chi connectivity index (χ1n) is 17.7. The number of benzene rings is 7. The first-order valence-corrected chi connectivity index (χ1v) is 18.6. The van der Waals surface area contributed by atoms with Gasteiger partial charge in [-0.1, -0.05) is 170 Å². The van der Waals surface area contributed by atoms with E-state index in [0.717, 1.165) is 39.5 Å². The van der Waals surface area contributed by atoms with Crippen molar-refractivity contribution in [2.24, 2.45) is 5.92 Å². The van der Waals surface area contributed by atoms with Gasteiger partial charge in [-0.25, -0.2) is 4.98 Å². The minimum atomic E-state index is 0.476. The first kappa shape index (κ1) is 30.1. The van der Waals surface area contributed by atoms with E-state index in [1.165, 1.54) is 59.5 Å². The van der Waals surface area contributed by atoms with Gasteiger partial charge in [-0.2, -0.15) is 0 Å². The summed E-state index contributed by atoms with van der Waals surface area (Å²) in [7, 11) is 0. The second-order valence-electron chi connectivity index (χ2n) is 13.8. The van der Waals surface area contributed by atoms with Gasteiger partial charge in [-0.15, -0.1) is 0 Å². The highest BCUT2D eigenvalue weighted by Gasteiger charge is 2.28. The van der Waals surface area contributed by atoms with Crippen molar-refractivity contribution in [2.45, 2.75) is 24.2 Å². The van der Waals surface area contributed by atoms with Crippen LogP contribution >= 0.6 is 11.8 Å². The average Bonchev–Trinajstić information content (AvgIpc) is 3.35. The average molecular weight is 671 g/mol. The van der Waals surface area contributed by atoms with E-state index in [2.05, 4.69) is 165 Å². The van der Waals surface area contributed by atoms with Crippen molar-refractivity contribution in [2.75, 3.05) is 0 Å². The molecule has 2 nitrogen and oxygen atoms in total. The molecule has 10 rings (SSSR count). The molecule has 1 aliphatic heterocycles. The van der Waals surface area contributed by atoms with Gasteiger partial charge in [-0.3, -0.25) is 4.98 Å². The standard InChI is InChI=1S/C48H34N2S/c1-30-9-6-12-37-28-44(30)43-18-8-17-38(48(43)51-37)33-23-19-31(20-24-33)35-10-7-11-36(27-35)32-21-25-34(26-22-32)45-29-49-46-41-15-4-2-13-39(41)40-14-3-5-16-42(40)47(46)50-45/h2-8,10-30,44H,9H2,1H3. The fraction of sp³-hybridized carbons (Fsp3) is 0.0833. The molecular formula is C48H34N2S. The van der Waals surface area contributed by atoms with Crippen LogP contribution in [0.5, 0.6) is 0 Å². The molecule has 242 valence electrons. The van der Waals surface area contributed by atoms with Crippen LogP contribution in [0.15, 0.2) is 174 Å². The zero-order valence-corrected chi connectivity index (χ0v) is 29.1. The molecule has 0 fully saturated rings. The Morgan fingerprint density at radius 1 is 0.569 bits per heavy atom. The number of allylic oxidation sites excluding steroid dienone is 3. The van der Waals surface area contributed by atoms with Crippen LogP contribution in [0.1, 0.15) is 24.8 Å². The number of fused-ring (bicyclic) bond motifs is 9. The molecule has 2 aliphatic rings. The molecule has 51 heavy (non-hydrogen) atoms. The maximum atomic E-state index is 5.19. The topological polar surface area (TPSA) is 25.8 Å². The predicted molar refractivity (Wildman–Crippen MR) is 216 cm³/mol. The molecule has 1 aromatic heterocycles. The maximum absolute atomic E-state index is 5.19. The third-order valence-electron chi connectivity index (χ3n) is 10.7. The Labute approximate surface area is 302 Å². The van der Waals surface area contributed by atoms with E-state index in [1.807, 2.05) is 18.0 Å². The quantitative estimate of drug-likeness (QED) is 0.174. The Kier molecular flexibility index (Phi) is 7.21. The smallest absolute Gasteiger partial charge is 0.0979 e. The third kappa shape index (κ3) is 5.19. The fourth-order valence-corrected chi connectivity index (χ4v) is 9.23. The van der Waals surface area contributed by atoms with Crippen molar-refractivity contribution >= 4 is 44.3 Å². The van der Waals surface area contributed by atoms with Crippen molar-refractivity contribution in [1.82, 2.24) is 9.97 Å². The molecule has 2 heterocycles. The van der Waals surface area contributed by atoms with E-state index >= 15 is 0 Å². The van der Waals surface area contributed by atoms with E-state index in [9.17, 15) is 0 Å². The van der Waals surface area contributed by atoms with Crippen molar-refractivity contribution in [3.63, 3.8) is 0 Å². The second kappa shape index (κ2) is 12.2. The van der Waals surface area contributed by atoms with Gasteiger partial charge in [0.05, 0.1) is 22.9 Å². The number of thioether (sulfide) groups is 1. The molecule has 2 bridgehead atoms. The van der Waals surface area contributed by atoms with Crippen LogP contribution in [-0.2, 0) is 0 Å². The molecule has 3 heteroatoms. The minimum absolute atomic E-state index is 0.476. The van der Waals surface area contributed by atoms with Crippen LogP contribution in [0, 0.1) is 5.92 Å². The van der Waals surface area contributed by atoms with Crippen LogP contribution in [0.4, 0.5) is 0 Å². The molecule has 2 atom stereocenters. The van der Waals surface area contributed by atoms with Gasteiger partial charge >= 0.3 is 0 Å². The fourth-order valence-electron chi connectivity index (χ4n) is 8.00. The highest BCUT2D eigenvalue weighted by Crippen LogP contribution is 2.50. The van der Waals surface area contributed by atoms with Crippen molar-refractivity contribution in [1.29, 1.82) is 0 Å². The Morgan fingerprint density at radius 2 is 1.18 bits per heavy atom. The Balaban J connectivity index is 0.942. The van der Waals surface area contributed by atoms with Gasteiger partial charge in [0, 0.05) is 32.1 Å². The number of hydrogen-bond acceptors (Lipinski definition) is 3. The van der Waals surface area contributed by atoms with Crippen LogP contribution in [0.3, 0.4) is 0 Å². The van der Waals surface area contributed by atoms with Crippen molar-refractivity contribution in [3.8, 4) is 44.6 Å². The molecule has 0 saturated carbocycles. The molecule has 8 aromatic rings. The largest absolute Gasteiger partial charge is 0.252 e. The van der Waals surface area contributed by atoms with Crippen molar-refractivity contribution in [3.05, 3.63) is 174 Å². The van der Waals surface area contributed by atoms with Gasteiger partial charge in [0.15, 0.2) is 0 Å². The molecule has 1 aliphatic carbocycles. The number of aromatic nitrogens is 2. The van der Waals surface area contributed by atoms with Crippen LogP contribution in [-0.4, -0.2) is 9.97 Å². The van der Waals surface area contributed by atoms with Crippen molar-refractivity contribution < 1.29 is 0 Å². The summed E-state index contributed by atoms with van der Waals surface area (Å²) in [6.07, 6.45) is 10.2. The maximum Gasteiger partial charge on any atom is 0.0979 e. The van der Waals surface area contributed by atoms with E-state index in [1.54, 1.807) is 0 Å². The summed E-state index contributed by atoms with van der Waals surface area (Å²) in [5, 5.41) is 4.68. The monoisotopic (exact) mass is 670 g/mol. The van der Waals surface area contributed by atoms with E-state index in [4.69, 9.17) is 9.97 Å². The minimum Gasteiger partial charge on any atom is -0.252 e. The van der Waals surface area contributed by atoms with Gasteiger partial charge < -0.3 is 0 Å². The lowest BCUT2D eigenvalue weighted by Gasteiger charge is -2.27. The van der Waals surface area contributed by atoms with Gasteiger partial charge in [0.1, 0.15) is 0 Å². The molecule has 0 N–H and O–H groups in total. The molecule has 2 unspecified atom stereocenters. The Morgan fingerprint density at radius 3 is 1.88 bits per heavy atom. The summed E-state index contributed by atoms with van der Waals surface area (Å²) < 4.78 is 0. The van der Waals surface area contributed by atoms with E-state index < -0.39 is 0 Å². The highest BCUT2D eigenvalue weighted by molar-refractivity contribution is 8.03. The lowest BCUT2D eigenvalue weighted by atomic mass is 9.84. The number of nitrogens with zero attached hydrogens (tertiary/aromatic N) is 2. The molecule has 0 amide bonds. The number of hydrogen-bond donors (Lipinski definition) is 0. The summed E-state index contributed by atoms with van der Waals surface area (Å²) >= 11 is 1.92. The lowest BCUT2D eigenvalue weighted by molar-refractivity contribution is 0.528. The molecule has 7 aromatic carbocycles. The third-order valence-corrected chi connectivity index (χ3v) is 11.9. The predicted octanol–water partition coefficient (Wildman–Crippen LogP) is 13.3. The zero-order chi connectivity index (χ0) is 33.9. The molecular weight excluding hydrogens is 637 g/mol. The van der Waals surface area contributed by atoms with Crippen LogP contribution in [0.25, 0.3) is 77.2 Å².